The van der Waals surface area contributed by atoms with E-state index in [2.05, 4.69) is 5.10 Å². The number of aromatic nitrogens is 2. The summed E-state index contributed by atoms with van der Waals surface area (Å²) in [6.07, 6.45) is -4.44. The minimum absolute atomic E-state index is 0.119. The van der Waals surface area contributed by atoms with Crippen LogP contribution in [0.4, 0.5) is 13.2 Å². The first kappa shape index (κ1) is 11.9. The zero-order valence-corrected chi connectivity index (χ0v) is 9.84. The van der Waals surface area contributed by atoms with Crippen molar-refractivity contribution < 1.29 is 22.6 Å². The first-order valence-electron chi connectivity index (χ1n) is 5.49. The maximum atomic E-state index is 12.5. The largest absolute Gasteiger partial charge is 0.454 e. The van der Waals surface area contributed by atoms with Crippen molar-refractivity contribution in [2.45, 2.75) is 13.1 Å². The summed E-state index contributed by atoms with van der Waals surface area (Å²) >= 11 is 0. The van der Waals surface area contributed by atoms with Gasteiger partial charge in [0, 0.05) is 11.1 Å². The fourth-order valence-corrected chi connectivity index (χ4v) is 1.99. The summed E-state index contributed by atoms with van der Waals surface area (Å²) < 4.78 is 48.0. The second-order valence-electron chi connectivity index (χ2n) is 4.14. The van der Waals surface area contributed by atoms with E-state index >= 15 is 0 Å². The lowest BCUT2D eigenvalue weighted by atomic mass is 10.0. The van der Waals surface area contributed by atoms with E-state index in [1.807, 2.05) is 5.10 Å². The van der Waals surface area contributed by atoms with E-state index in [0.29, 0.717) is 22.6 Å². The molecular weight excluding hydrogens is 261 g/mol. The van der Waals surface area contributed by atoms with Crippen LogP contribution in [0.1, 0.15) is 11.3 Å². The van der Waals surface area contributed by atoms with Gasteiger partial charge in [-0.05, 0) is 25.1 Å². The van der Waals surface area contributed by atoms with Crippen LogP contribution in [0.3, 0.4) is 0 Å². The summed E-state index contributed by atoms with van der Waals surface area (Å²) in [5.74, 6) is 1.14. The van der Waals surface area contributed by atoms with Gasteiger partial charge in [-0.1, -0.05) is 0 Å². The third-order valence-electron chi connectivity index (χ3n) is 2.95. The monoisotopic (exact) mass is 270 g/mol. The maximum absolute atomic E-state index is 12.5. The molecule has 0 unspecified atom stereocenters. The number of H-pyrrole nitrogens is 1. The van der Waals surface area contributed by atoms with Crippen molar-refractivity contribution in [3.8, 4) is 22.8 Å². The summed E-state index contributed by atoms with van der Waals surface area (Å²) in [7, 11) is 0. The molecule has 0 bridgehead atoms. The fraction of sp³-hybridized carbons (Fsp3) is 0.250. The molecule has 1 aromatic heterocycles. The Morgan fingerprint density at radius 3 is 2.74 bits per heavy atom. The Morgan fingerprint density at radius 2 is 2.05 bits per heavy atom. The third-order valence-corrected chi connectivity index (χ3v) is 2.95. The second-order valence-corrected chi connectivity index (χ2v) is 4.14. The highest BCUT2D eigenvalue weighted by atomic mass is 19.4. The highest BCUT2D eigenvalue weighted by Crippen LogP contribution is 2.40. The Hall–Kier alpha value is -2.18. The molecule has 1 aliphatic rings. The smallest absolute Gasteiger partial charge is 0.432 e. The predicted molar refractivity (Wildman–Crippen MR) is 59.9 cm³/mol. The summed E-state index contributed by atoms with van der Waals surface area (Å²) in [6, 6.07) is 4.30. The summed E-state index contributed by atoms with van der Waals surface area (Å²) in [6.45, 7) is 1.87. The van der Waals surface area contributed by atoms with Crippen molar-refractivity contribution in [1.82, 2.24) is 10.2 Å². The fourth-order valence-electron chi connectivity index (χ4n) is 1.99. The van der Waals surface area contributed by atoms with Gasteiger partial charge in [-0.2, -0.15) is 18.3 Å². The van der Waals surface area contributed by atoms with Crippen molar-refractivity contribution in [3.63, 3.8) is 0 Å². The molecule has 0 atom stereocenters. The van der Waals surface area contributed by atoms with Crippen LogP contribution < -0.4 is 9.47 Å². The average Bonchev–Trinajstić information content (AvgIpc) is 2.96. The molecule has 0 saturated carbocycles. The average molecular weight is 270 g/mol. The Bertz CT molecular complexity index is 634. The normalized spacial score (nSPS) is 13.9. The number of hydrogen-bond acceptors (Lipinski definition) is 3. The highest BCUT2D eigenvalue weighted by molar-refractivity contribution is 5.70. The standard InChI is InChI=1S/C12H9F3N2O2/c1-6-7(2-3-9-11(6)19-5-18-9)8-4-10(17-16-8)12(13,14)15/h2-4H,5H2,1H3,(H,16,17). The highest BCUT2D eigenvalue weighted by Gasteiger charge is 2.33. The topological polar surface area (TPSA) is 47.1 Å². The summed E-state index contributed by atoms with van der Waals surface area (Å²) in [5.41, 5.74) is 0.633. The molecule has 7 heteroatoms. The van der Waals surface area contributed by atoms with Gasteiger partial charge in [-0.3, -0.25) is 5.10 Å². The molecule has 1 aromatic carbocycles. The molecule has 0 fully saturated rings. The van der Waals surface area contributed by atoms with E-state index in [-0.39, 0.29) is 12.5 Å². The van der Waals surface area contributed by atoms with E-state index in [1.165, 1.54) is 0 Å². The Labute approximate surface area is 106 Å². The number of alkyl halides is 3. The molecule has 2 aromatic rings. The van der Waals surface area contributed by atoms with Crippen molar-refractivity contribution >= 4 is 0 Å². The molecule has 100 valence electrons. The number of benzene rings is 1. The van der Waals surface area contributed by atoms with Crippen molar-refractivity contribution in [3.05, 3.63) is 29.5 Å². The van der Waals surface area contributed by atoms with Gasteiger partial charge in [0.15, 0.2) is 11.5 Å². The molecule has 0 radical (unpaired) electrons. The Morgan fingerprint density at radius 1 is 1.26 bits per heavy atom. The number of halogens is 3. The molecule has 0 saturated heterocycles. The minimum atomic E-state index is -4.44. The van der Waals surface area contributed by atoms with E-state index in [0.717, 1.165) is 6.07 Å². The van der Waals surface area contributed by atoms with Crippen molar-refractivity contribution in [2.75, 3.05) is 6.79 Å². The van der Waals surface area contributed by atoms with Crippen LogP contribution in [-0.2, 0) is 6.18 Å². The molecule has 0 aliphatic carbocycles. The van der Waals surface area contributed by atoms with Crippen molar-refractivity contribution in [1.29, 1.82) is 0 Å². The van der Waals surface area contributed by atoms with Crippen LogP contribution in [0.5, 0.6) is 11.5 Å². The number of hydrogen-bond donors (Lipinski definition) is 1. The van der Waals surface area contributed by atoms with Gasteiger partial charge in [0.25, 0.3) is 0 Å². The van der Waals surface area contributed by atoms with Gasteiger partial charge in [0.05, 0.1) is 5.69 Å². The maximum Gasteiger partial charge on any atom is 0.432 e. The Balaban J connectivity index is 2.06. The summed E-state index contributed by atoms with van der Waals surface area (Å²) in [5, 5.41) is 5.69. The zero-order chi connectivity index (χ0) is 13.6. The lowest BCUT2D eigenvalue weighted by molar-refractivity contribution is -0.141. The van der Waals surface area contributed by atoms with Gasteiger partial charge < -0.3 is 9.47 Å². The van der Waals surface area contributed by atoms with Crippen LogP contribution in [0.15, 0.2) is 18.2 Å². The molecule has 3 rings (SSSR count). The lowest BCUT2D eigenvalue weighted by Gasteiger charge is -2.05. The Kier molecular flexibility index (Phi) is 2.44. The number of nitrogens with one attached hydrogen (secondary N) is 1. The number of nitrogens with zero attached hydrogens (tertiary/aromatic N) is 1. The van der Waals surface area contributed by atoms with Gasteiger partial charge >= 0.3 is 6.18 Å². The van der Waals surface area contributed by atoms with Gasteiger partial charge in [0.1, 0.15) is 5.69 Å². The quantitative estimate of drug-likeness (QED) is 0.866. The molecule has 1 N–H and O–H groups in total. The van der Waals surface area contributed by atoms with Crippen LogP contribution in [0.2, 0.25) is 0 Å². The summed E-state index contributed by atoms with van der Waals surface area (Å²) in [4.78, 5) is 0. The molecule has 1 aliphatic heterocycles. The molecule has 4 nitrogen and oxygen atoms in total. The number of fused-ring (bicyclic) bond motifs is 1. The van der Waals surface area contributed by atoms with Crippen LogP contribution >= 0.6 is 0 Å². The first-order chi connectivity index (χ1) is 8.97. The lowest BCUT2D eigenvalue weighted by Crippen LogP contribution is -2.04. The molecule has 0 spiro atoms. The van der Waals surface area contributed by atoms with Crippen LogP contribution in [0.25, 0.3) is 11.3 Å². The van der Waals surface area contributed by atoms with Gasteiger partial charge in [-0.15, -0.1) is 0 Å². The SMILES string of the molecule is Cc1c(-c2cc(C(F)(F)F)[nH]n2)ccc2c1OCO2. The van der Waals surface area contributed by atoms with Crippen LogP contribution in [-0.4, -0.2) is 17.0 Å². The van der Waals surface area contributed by atoms with E-state index in [1.54, 1.807) is 19.1 Å². The number of ether oxygens (including phenoxy) is 2. The second kappa shape index (κ2) is 3.91. The van der Waals surface area contributed by atoms with Gasteiger partial charge in [-0.25, -0.2) is 0 Å². The molecule has 19 heavy (non-hydrogen) atoms. The zero-order valence-electron chi connectivity index (χ0n) is 9.84. The number of aromatic amines is 1. The van der Waals surface area contributed by atoms with Gasteiger partial charge in [0.2, 0.25) is 6.79 Å². The van der Waals surface area contributed by atoms with Crippen LogP contribution in [0, 0.1) is 6.92 Å². The van der Waals surface area contributed by atoms with E-state index in [4.69, 9.17) is 9.47 Å². The first-order valence-corrected chi connectivity index (χ1v) is 5.49. The number of rotatable bonds is 1. The molecular formula is C12H9F3N2O2. The van der Waals surface area contributed by atoms with E-state index in [9.17, 15) is 13.2 Å². The third kappa shape index (κ3) is 1.91. The molecule has 2 heterocycles. The van der Waals surface area contributed by atoms with Crippen molar-refractivity contribution in [2.24, 2.45) is 0 Å². The van der Waals surface area contributed by atoms with E-state index < -0.39 is 11.9 Å². The molecule has 0 amide bonds. The predicted octanol–water partition coefficient (Wildman–Crippen LogP) is 3.13. The minimum Gasteiger partial charge on any atom is -0.454 e.